The summed E-state index contributed by atoms with van der Waals surface area (Å²) in [6.07, 6.45) is 3.18. The number of nitrogens with one attached hydrogen (secondary N) is 1. The minimum Gasteiger partial charge on any atom is -0.451 e. The molecule has 29 heavy (non-hydrogen) atoms. The summed E-state index contributed by atoms with van der Waals surface area (Å²) in [6, 6.07) is 10.3. The second-order valence-corrected chi connectivity index (χ2v) is 6.95. The van der Waals surface area contributed by atoms with Crippen molar-refractivity contribution >= 4 is 28.5 Å². The maximum Gasteiger partial charge on any atom is 0.291 e. The van der Waals surface area contributed by atoms with Gasteiger partial charge in [-0.2, -0.15) is 0 Å². The van der Waals surface area contributed by atoms with E-state index in [1.165, 1.54) is 16.8 Å². The van der Waals surface area contributed by atoms with Crippen LogP contribution in [0, 0.1) is 0 Å². The molecule has 7 nitrogen and oxygen atoms in total. The van der Waals surface area contributed by atoms with Gasteiger partial charge in [0.1, 0.15) is 11.3 Å². The van der Waals surface area contributed by atoms with Crippen LogP contribution in [0.5, 0.6) is 0 Å². The predicted molar refractivity (Wildman–Crippen MR) is 112 cm³/mol. The second-order valence-electron chi connectivity index (χ2n) is 6.95. The lowest BCUT2D eigenvalue weighted by molar-refractivity contribution is 0.0754. The van der Waals surface area contributed by atoms with E-state index in [0.717, 1.165) is 18.2 Å². The minimum atomic E-state index is -0.540. The third-order valence-corrected chi connectivity index (χ3v) is 4.60. The van der Waals surface area contributed by atoms with Gasteiger partial charge in [0.25, 0.3) is 17.4 Å². The number of anilines is 1. The van der Waals surface area contributed by atoms with Crippen molar-refractivity contribution in [2.75, 3.05) is 18.4 Å². The van der Waals surface area contributed by atoms with Crippen molar-refractivity contribution in [1.82, 2.24) is 9.47 Å². The molecule has 0 radical (unpaired) electrons. The number of pyridine rings is 1. The molecule has 2 amide bonds. The third-order valence-electron chi connectivity index (χ3n) is 4.60. The lowest BCUT2D eigenvalue weighted by atomic mass is 10.2. The normalized spacial score (nSPS) is 10.9. The fourth-order valence-corrected chi connectivity index (χ4v) is 3.23. The first-order valence-corrected chi connectivity index (χ1v) is 9.74. The molecule has 2 aromatic heterocycles. The number of hydrogen-bond acceptors (Lipinski definition) is 4. The number of nitrogens with zero attached hydrogens (tertiary/aromatic N) is 2. The molecule has 1 N–H and O–H groups in total. The SMILES string of the molecule is CCCN(CCC)C(=O)c1cc(NC(=O)c2cc3ccccc3o2)c(=O)n(C)c1. The molecule has 0 fully saturated rings. The molecule has 0 aliphatic heterocycles. The summed E-state index contributed by atoms with van der Waals surface area (Å²) in [5.74, 6) is -0.603. The standard InChI is InChI=1S/C22H25N3O4/c1-4-10-25(11-5-2)21(27)16-12-17(22(28)24(3)14-16)23-20(26)19-13-15-8-6-7-9-18(15)29-19/h6-9,12-14H,4-5,10-11H2,1-3H3,(H,23,26). The van der Waals surface area contributed by atoms with Gasteiger partial charge < -0.3 is 19.2 Å². The lowest BCUT2D eigenvalue weighted by Gasteiger charge is -2.22. The molecule has 0 unspecified atom stereocenters. The number of aromatic nitrogens is 1. The molecule has 0 aliphatic rings. The minimum absolute atomic E-state index is 0.0387. The zero-order valence-electron chi connectivity index (χ0n) is 16.9. The highest BCUT2D eigenvalue weighted by molar-refractivity contribution is 6.05. The van der Waals surface area contributed by atoms with Crippen LogP contribution in [0.4, 0.5) is 5.69 Å². The molecular formula is C22H25N3O4. The molecule has 3 aromatic rings. The van der Waals surface area contributed by atoms with E-state index < -0.39 is 11.5 Å². The molecule has 152 valence electrons. The van der Waals surface area contributed by atoms with Crippen LogP contribution >= 0.6 is 0 Å². The van der Waals surface area contributed by atoms with E-state index in [0.29, 0.717) is 24.2 Å². The van der Waals surface area contributed by atoms with Crippen LogP contribution in [-0.4, -0.2) is 34.4 Å². The third kappa shape index (κ3) is 4.39. The number of rotatable bonds is 7. The maximum atomic E-state index is 12.9. The van der Waals surface area contributed by atoms with Gasteiger partial charge in [-0.25, -0.2) is 0 Å². The number of benzene rings is 1. The summed E-state index contributed by atoms with van der Waals surface area (Å²) in [5, 5.41) is 3.39. The topological polar surface area (TPSA) is 84.6 Å². The number of para-hydroxylation sites is 1. The van der Waals surface area contributed by atoms with E-state index >= 15 is 0 Å². The number of fused-ring (bicyclic) bond motifs is 1. The summed E-state index contributed by atoms with van der Waals surface area (Å²) in [6.45, 7) is 5.29. The van der Waals surface area contributed by atoms with Crippen LogP contribution in [0.15, 0.2) is 51.8 Å². The maximum absolute atomic E-state index is 12.9. The highest BCUT2D eigenvalue weighted by atomic mass is 16.3. The zero-order valence-corrected chi connectivity index (χ0v) is 16.9. The Bertz CT molecular complexity index is 1060. The number of amides is 2. The largest absolute Gasteiger partial charge is 0.451 e. The van der Waals surface area contributed by atoms with E-state index in [1.807, 2.05) is 32.0 Å². The fraction of sp³-hybridized carbons (Fsp3) is 0.318. The van der Waals surface area contributed by atoms with Gasteiger partial charge in [0.15, 0.2) is 5.76 Å². The molecule has 0 bridgehead atoms. The van der Waals surface area contributed by atoms with Gasteiger partial charge in [-0.3, -0.25) is 14.4 Å². The number of aryl methyl sites for hydroxylation is 1. The Hall–Kier alpha value is -3.35. The van der Waals surface area contributed by atoms with Gasteiger partial charge in [0, 0.05) is 31.7 Å². The van der Waals surface area contributed by atoms with Crippen molar-refractivity contribution < 1.29 is 14.0 Å². The van der Waals surface area contributed by atoms with Crippen molar-refractivity contribution in [2.24, 2.45) is 7.05 Å². The van der Waals surface area contributed by atoms with E-state index in [1.54, 1.807) is 24.1 Å². The monoisotopic (exact) mass is 395 g/mol. The highest BCUT2D eigenvalue weighted by Crippen LogP contribution is 2.19. The Morgan fingerprint density at radius 3 is 2.45 bits per heavy atom. The highest BCUT2D eigenvalue weighted by Gasteiger charge is 2.19. The molecule has 0 spiro atoms. The average Bonchev–Trinajstić information content (AvgIpc) is 3.15. The van der Waals surface area contributed by atoms with E-state index in [9.17, 15) is 14.4 Å². The Kier molecular flexibility index (Phi) is 6.16. The number of carbonyl (C=O) groups is 2. The molecule has 2 heterocycles. The molecule has 3 rings (SSSR count). The fourth-order valence-electron chi connectivity index (χ4n) is 3.23. The van der Waals surface area contributed by atoms with E-state index in [-0.39, 0.29) is 17.4 Å². The number of hydrogen-bond donors (Lipinski definition) is 1. The number of furan rings is 1. The summed E-state index contributed by atoms with van der Waals surface area (Å²) < 4.78 is 6.86. The molecule has 0 atom stereocenters. The van der Waals surface area contributed by atoms with Crippen molar-refractivity contribution in [3.63, 3.8) is 0 Å². The molecular weight excluding hydrogens is 370 g/mol. The molecule has 7 heteroatoms. The van der Waals surface area contributed by atoms with Crippen LogP contribution < -0.4 is 10.9 Å². The Balaban J connectivity index is 1.89. The smallest absolute Gasteiger partial charge is 0.291 e. The Morgan fingerprint density at radius 2 is 1.79 bits per heavy atom. The van der Waals surface area contributed by atoms with Gasteiger partial charge >= 0.3 is 0 Å². The van der Waals surface area contributed by atoms with Crippen LogP contribution in [-0.2, 0) is 7.05 Å². The quantitative estimate of drug-likeness (QED) is 0.662. The summed E-state index contributed by atoms with van der Waals surface area (Å²) >= 11 is 0. The van der Waals surface area contributed by atoms with Gasteiger partial charge in [0.2, 0.25) is 0 Å². The van der Waals surface area contributed by atoms with Crippen molar-refractivity contribution in [3.8, 4) is 0 Å². The molecule has 0 saturated heterocycles. The predicted octanol–water partition coefficient (Wildman–Crippen LogP) is 3.65. The summed E-state index contributed by atoms with van der Waals surface area (Å²) in [4.78, 5) is 39.8. The first kappa shape index (κ1) is 20.4. The van der Waals surface area contributed by atoms with E-state index in [4.69, 9.17) is 4.42 Å². The van der Waals surface area contributed by atoms with Gasteiger partial charge in [-0.15, -0.1) is 0 Å². The lowest BCUT2D eigenvalue weighted by Crippen LogP contribution is -2.34. The van der Waals surface area contributed by atoms with Gasteiger partial charge in [-0.05, 0) is 31.0 Å². The Labute approximate surface area is 168 Å². The second kappa shape index (κ2) is 8.77. The summed E-state index contributed by atoms with van der Waals surface area (Å²) in [5.41, 5.74) is 0.582. The first-order chi connectivity index (χ1) is 13.9. The van der Waals surface area contributed by atoms with E-state index in [2.05, 4.69) is 5.32 Å². The average molecular weight is 395 g/mol. The van der Waals surface area contributed by atoms with Gasteiger partial charge in [0.05, 0.1) is 5.56 Å². The van der Waals surface area contributed by atoms with Crippen LogP contribution in [0.1, 0.15) is 47.6 Å². The molecule has 0 aliphatic carbocycles. The van der Waals surface area contributed by atoms with Crippen molar-refractivity contribution in [1.29, 1.82) is 0 Å². The van der Waals surface area contributed by atoms with Crippen molar-refractivity contribution in [2.45, 2.75) is 26.7 Å². The summed E-state index contributed by atoms with van der Waals surface area (Å²) in [7, 11) is 1.56. The number of carbonyl (C=O) groups excluding carboxylic acids is 2. The van der Waals surface area contributed by atoms with Crippen molar-refractivity contribution in [3.05, 3.63) is 64.3 Å². The van der Waals surface area contributed by atoms with Crippen LogP contribution in [0.3, 0.4) is 0 Å². The Morgan fingerprint density at radius 1 is 1.10 bits per heavy atom. The first-order valence-electron chi connectivity index (χ1n) is 9.74. The molecule has 1 aromatic carbocycles. The zero-order chi connectivity index (χ0) is 21.0. The van der Waals surface area contributed by atoms with Crippen LogP contribution in [0.2, 0.25) is 0 Å². The molecule has 0 saturated carbocycles. The van der Waals surface area contributed by atoms with Gasteiger partial charge in [-0.1, -0.05) is 32.0 Å². The van der Waals surface area contributed by atoms with Crippen LogP contribution in [0.25, 0.3) is 11.0 Å².